The second-order valence-corrected chi connectivity index (χ2v) is 7.60. The molecule has 2 amide bonds. The molecule has 1 saturated heterocycles. The first-order valence-electron chi connectivity index (χ1n) is 10.5. The van der Waals surface area contributed by atoms with Gasteiger partial charge in [0, 0.05) is 42.3 Å². The summed E-state index contributed by atoms with van der Waals surface area (Å²) in [5, 5.41) is 2.90. The molecule has 1 aliphatic heterocycles. The van der Waals surface area contributed by atoms with Crippen molar-refractivity contribution in [2.75, 3.05) is 38.7 Å². The van der Waals surface area contributed by atoms with Gasteiger partial charge in [-0.15, -0.1) is 0 Å². The Kier molecular flexibility index (Phi) is 6.92. The number of hydrogen-bond acceptors (Lipinski definition) is 7. The van der Waals surface area contributed by atoms with Crippen molar-refractivity contribution >= 4 is 17.5 Å². The predicted octanol–water partition coefficient (Wildman–Crippen LogP) is 2.26. The third-order valence-corrected chi connectivity index (χ3v) is 5.37. The Bertz CT molecular complexity index is 1120. The molecule has 0 spiro atoms. The maximum atomic E-state index is 12.6. The lowest BCUT2D eigenvalue weighted by Crippen LogP contribution is -2.42. The molecule has 170 valence electrons. The number of nitrogens with one attached hydrogen (secondary N) is 1. The largest absolute Gasteiger partial charge is 0.497 e. The lowest BCUT2D eigenvalue weighted by Gasteiger charge is -2.32. The number of nitrogens with zero attached hydrogens (tertiary/aromatic N) is 3. The lowest BCUT2D eigenvalue weighted by molar-refractivity contribution is -0.119. The molecule has 0 unspecified atom stereocenters. The van der Waals surface area contributed by atoms with Gasteiger partial charge in [-0.05, 0) is 36.4 Å². The number of nitrogens with two attached hydrogens (primary N) is 1. The molecule has 33 heavy (non-hydrogen) atoms. The van der Waals surface area contributed by atoms with Crippen LogP contribution >= 0.6 is 0 Å². The van der Waals surface area contributed by atoms with Gasteiger partial charge in [0.15, 0.2) is 0 Å². The van der Waals surface area contributed by atoms with Crippen LogP contribution in [0.25, 0.3) is 11.3 Å². The van der Waals surface area contributed by atoms with Gasteiger partial charge >= 0.3 is 0 Å². The monoisotopic (exact) mass is 447 g/mol. The number of primary amides is 1. The van der Waals surface area contributed by atoms with Crippen molar-refractivity contribution in [2.45, 2.75) is 6.10 Å². The normalized spacial score (nSPS) is 16.2. The second-order valence-electron chi connectivity index (χ2n) is 7.60. The topological polar surface area (TPSA) is 120 Å². The number of methoxy groups -OCH3 is 1. The van der Waals surface area contributed by atoms with Crippen LogP contribution in [-0.2, 0) is 9.53 Å². The minimum absolute atomic E-state index is 0.109. The summed E-state index contributed by atoms with van der Waals surface area (Å²) in [5.41, 5.74) is 8.63. The van der Waals surface area contributed by atoms with E-state index in [2.05, 4.69) is 15.3 Å². The van der Waals surface area contributed by atoms with E-state index in [1.807, 2.05) is 4.90 Å². The van der Waals surface area contributed by atoms with Gasteiger partial charge in [-0.3, -0.25) is 24.5 Å². The van der Waals surface area contributed by atoms with Crippen LogP contribution < -0.4 is 15.8 Å². The first kappa shape index (κ1) is 22.4. The fourth-order valence-electron chi connectivity index (χ4n) is 3.69. The highest BCUT2D eigenvalue weighted by Gasteiger charge is 2.27. The summed E-state index contributed by atoms with van der Waals surface area (Å²) in [6, 6.07) is 14.1. The van der Waals surface area contributed by atoms with Gasteiger partial charge in [-0.25, -0.2) is 0 Å². The predicted molar refractivity (Wildman–Crippen MR) is 123 cm³/mol. The van der Waals surface area contributed by atoms with Gasteiger partial charge < -0.3 is 20.5 Å². The summed E-state index contributed by atoms with van der Waals surface area (Å²) >= 11 is 0. The van der Waals surface area contributed by atoms with E-state index in [9.17, 15) is 9.59 Å². The van der Waals surface area contributed by atoms with Crippen molar-refractivity contribution in [1.29, 1.82) is 0 Å². The number of carbonyl (C=O) groups is 2. The van der Waals surface area contributed by atoms with E-state index in [1.165, 1.54) is 0 Å². The van der Waals surface area contributed by atoms with E-state index in [0.717, 1.165) is 11.3 Å². The highest BCUT2D eigenvalue weighted by atomic mass is 16.5. The van der Waals surface area contributed by atoms with Gasteiger partial charge in [-0.1, -0.05) is 12.1 Å². The van der Waals surface area contributed by atoms with Crippen LogP contribution in [-0.4, -0.2) is 60.0 Å². The Morgan fingerprint density at radius 2 is 1.85 bits per heavy atom. The molecular weight excluding hydrogens is 422 g/mol. The average molecular weight is 447 g/mol. The number of benzene rings is 2. The quantitative estimate of drug-likeness (QED) is 0.570. The summed E-state index contributed by atoms with van der Waals surface area (Å²) < 4.78 is 11.1. The maximum absolute atomic E-state index is 12.6. The number of hydrogen-bond donors (Lipinski definition) is 2. The van der Waals surface area contributed by atoms with Crippen molar-refractivity contribution in [3.63, 3.8) is 0 Å². The van der Waals surface area contributed by atoms with Crippen LogP contribution in [0.2, 0.25) is 0 Å². The van der Waals surface area contributed by atoms with Gasteiger partial charge in [0.05, 0.1) is 31.6 Å². The van der Waals surface area contributed by atoms with Crippen LogP contribution in [0.4, 0.5) is 5.69 Å². The molecule has 2 aromatic carbocycles. The van der Waals surface area contributed by atoms with Crippen LogP contribution in [0.3, 0.4) is 0 Å². The van der Waals surface area contributed by atoms with E-state index < -0.39 is 5.91 Å². The van der Waals surface area contributed by atoms with Gasteiger partial charge in [0.1, 0.15) is 11.9 Å². The van der Waals surface area contributed by atoms with Crippen LogP contribution in [0.5, 0.6) is 5.75 Å². The highest BCUT2D eigenvalue weighted by molar-refractivity contribution is 5.93. The first-order valence-corrected chi connectivity index (χ1v) is 10.5. The SMILES string of the molecule is COc1ccc(NC(=O)CN2CCO[C@H](c3nccnc3-c3ccc(C(N)=O)cc3)C2)cc1. The zero-order chi connectivity index (χ0) is 23.2. The third-order valence-electron chi connectivity index (χ3n) is 5.37. The molecule has 0 saturated carbocycles. The molecule has 4 rings (SSSR count). The summed E-state index contributed by atoms with van der Waals surface area (Å²) in [7, 11) is 1.60. The van der Waals surface area contributed by atoms with E-state index in [4.69, 9.17) is 15.2 Å². The van der Waals surface area contributed by atoms with E-state index >= 15 is 0 Å². The third kappa shape index (κ3) is 5.51. The van der Waals surface area contributed by atoms with E-state index in [0.29, 0.717) is 42.3 Å². The van der Waals surface area contributed by atoms with Gasteiger partial charge in [0.25, 0.3) is 0 Å². The first-order chi connectivity index (χ1) is 16.0. The van der Waals surface area contributed by atoms with Gasteiger partial charge in [-0.2, -0.15) is 0 Å². The summed E-state index contributed by atoms with van der Waals surface area (Å²) in [6.45, 7) is 1.84. The summed E-state index contributed by atoms with van der Waals surface area (Å²) in [6.07, 6.45) is 2.89. The number of aromatic nitrogens is 2. The van der Waals surface area contributed by atoms with Crippen molar-refractivity contribution in [2.24, 2.45) is 5.73 Å². The van der Waals surface area contributed by atoms with Gasteiger partial charge in [0.2, 0.25) is 11.8 Å². The zero-order valence-corrected chi connectivity index (χ0v) is 18.2. The molecule has 2 heterocycles. The van der Waals surface area contributed by atoms with Crippen molar-refractivity contribution < 1.29 is 19.1 Å². The number of ether oxygens (including phenoxy) is 2. The highest BCUT2D eigenvalue weighted by Crippen LogP contribution is 2.29. The number of rotatable bonds is 7. The zero-order valence-electron chi connectivity index (χ0n) is 18.2. The van der Waals surface area contributed by atoms with Crippen LogP contribution in [0, 0.1) is 0 Å². The molecule has 1 aromatic heterocycles. The summed E-state index contributed by atoms with van der Waals surface area (Å²) in [4.78, 5) is 35.0. The molecule has 3 aromatic rings. The maximum Gasteiger partial charge on any atom is 0.248 e. The number of carbonyl (C=O) groups excluding carboxylic acids is 2. The Morgan fingerprint density at radius 1 is 1.12 bits per heavy atom. The molecule has 9 nitrogen and oxygen atoms in total. The van der Waals surface area contributed by atoms with E-state index in [-0.39, 0.29) is 18.6 Å². The molecule has 1 atom stereocenters. The molecule has 9 heteroatoms. The Balaban J connectivity index is 1.44. The van der Waals surface area contributed by atoms with Crippen LogP contribution in [0.15, 0.2) is 60.9 Å². The van der Waals surface area contributed by atoms with Crippen molar-refractivity contribution in [1.82, 2.24) is 14.9 Å². The molecule has 0 aliphatic carbocycles. The van der Waals surface area contributed by atoms with E-state index in [1.54, 1.807) is 68.0 Å². The van der Waals surface area contributed by atoms with Crippen molar-refractivity contribution in [3.05, 3.63) is 72.2 Å². The fraction of sp³-hybridized carbons (Fsp3) is 0.250. The molecule has 0 bridgehead atoms. The minimum Gasteiger partial charge on any atom is -0.497 e. The molecule has 1 fully saturated rings. The fourth-order valence-corrected chi connectivity index (χ4v) is 3.69. The summed E-state index contributed by atoms with van der Waals surface area (Å²) in [5.74, 6) is 0.135. The Morgan fingerprint density at radius 3 is 2.55 bits per heavy atom. The average Bonchev–Trinajstić information content (AvgIpc) is 2.84. The second kappa shape index (κ2) is 10.2. The smallest absolute Gasteiger partial charge is 0.248 e. The molecule has 3 N–H and O–H groups in total. The number of morpholine rings is 1. The van der Waals surface area contributed by atoms with Crippen LogP contribution in [0.1, 0.15) is 22.2 Å². The minimum atomic E-state index is -0.486. The standard InChI is InChI=1S/C24H25N5O4/c1-32-19-8-6-18(7-9-19)28-21(30)15-29-12-13-33-20(14-29)23-22(26-10-11-27-23)16-2-4-17(5-3-16)24(25)31/h2-11,20H,12-15H2,1H3,(H2,25,31)(H,28,30)/t20-/m0/s1. The number of anilines is 1. The molecular formula is C24H25N5O4. The Labute approximate surface area is 191 Å². The lowest BCUT2D eigenvalue weighted by atomic mass is 10.0. The molecule has 1 aliphatic rings. The Hall–Kier alpha value is -3.82. The number of amides is 2. The van der Waals surface area contributed by atoms with Crippen molar-refractivity contribution in [3.8, 4) is 17.0 Å². The molecule has 0 radical (unpaired) electrons.